The number of hydrogen-bond donors (Lipinski definition) is 1. The number of carbonyl (C=O) groups excluding carboxylic acids is 1. The Balaban J connectivity index is 1.45. The summed E-state index contributed by atoms with van der Waals surface area (Å²) in [6.07, 6.45) is 0. The quantitative estimate of drug-likeness (QED) is 0.472. The summed E-state index contributed by atoms with van der Waals surface area (Å²) in [7, 11) is -3.95. The van der Waals surface area contributed by atoms with E-state index in [1.54, 1.807) is 42.5 Å². The monoisotopic (exact) mass is 513 g/mol. The third-order valence-corrected chi connectivity index (χ3v) is 7.76. The van der Waals surface area contributed by atoms with Gasteiger partial charge in [-0.2, -0.15) is 0 Å². The number of anilines is 1. The van der Waals surface area contributed by atoms with E-state index in [2.05, 4.69) is 22.3 Å². The molecule has 3 aromatic rings. The largest absolute Gasteiger partial charge is 0.379 e. The van der Waals surface area contributed by atoms with Crippen LogP contribution in [0.1, 0.15) is 11.1 Å². The molecule has 0 bridgehead atoms. The van der Waals surface area contributed by atoms with Crippen molar-refractivity contribution < 1.29 is 17.9 Å². The van der Waals surface area contributed by atoms with E-state index in [-0.39, 0.29) is 11.4 Å². The summed E-state index contributed by atoms with van der Waals surface area (Å²) < 4.78 is 33.2. The minimum absolute atomic E-state index is 0.110. The molecule has 0 radical (unpaired) electrons. The highest BCUT2D eigenvalue weighted by Gasteiger charge is 2.27. The first-order valence-electron chi connectivity index (χ1n) is 11.4. The minimum atomic E-state index is -3.95. The third-order valence-electron chi connectivity index (χ3n) is 5.72. The normalized spacial score (nSPS) is 14.4. The van der Waals surface area contributed by atoms with E-state index in [0.29, 0.717) is 17.3 Å². The number of nitrogens with one attached hydrogen (secondary N) is 1. The standard InChI is InChI=1S/C26H28ClN3O4S/c27-23-9-11-24(12-10-23)30(35(32,33)25-7-2-1-3-8-25)20-26(31)28-18-21-5-4-6-22(17-21)19-29-13-15-34-16-14-29/h1-12,17H,13-16,18-20H2,(H,28,31). The Morgan fingerprint density at radius 3 is 2.34 bits per heavy atom. The van der Waals surface area contributed by atoms with Gasteiger partial charge in [-0.1, -0.05) is 54.1 Å². The second kappa shape index (κ2) is 11.7. The third kappa shape index (κ3) is 6.82. The van der Waals surface area contributed by atoms with Gasteiger partial charge < -0.3 is 10.1 Å². The molecule has 1 heterocycles. The molecule has 9 heteroatoms. The number of morpholine rings is 1. The Bertz CT molecular complexity index is 1230. The fourth-order valence-corrected chi connectivity index (χ4v) is 5.45. The molecule has 0 unspecified atom stereocenters. The van der Waals surface area contributed by atoms with Crippen LogP contribution in [0.3, 0.4) is 0 Å². The lowest BCUT2D eigenvalue weighted by molar-refractivity contribution is -0.119. The first-order chi connectivity index (χ1) is 16.9. The highest BCUT2D eigenvalue weighted by Crippen LogP contribution is 2.25. The van der Waals surface area contributed by atoms with Crippen molar-refractivity contribution in [3.63, 3.8) is 0 Å². The van der Waals surface area contributed by atoms with Crippen LogP contribution < -0.4 is 9.62 Å². The lowest BCUT2D eigenvalue weighted by Gasteiger charge is -2.26. The number of hydrogen-bond acceptors (Lipinski definition) is 5. The summed E-state index contributed by atoms with van der Waals surface area (Å²) in [6.45, 7) is 4.05. The van der Waals surface area contributed by atoms with E-state index in [4.69, 9.17) is 16.3 Å². The predicted octanol–water partition coefficient (Wildman–Crippen LogP) is 3.68. The predicted molar refractivity (Wildman–Crippen MR) is 137 cm³/mol. The second-order valence-corrected chi connectivity index (χ2v) is 10.6. The van der Waals surface area contributed by atoms with Gasteiger partial charge in [0.25, 0.3) is 10.0 Å². The maximum Gasteiger partial charge on any atom is 0.264 e. The van der Waals surface area contributed by atoms with Gasteiger partial charge in [0.2, 0.25) is 5.91 Å². The summed E-state index contributed by atoms with van der Waals surface area (Å²) in [5.74, 6) is -0.405. The van der Waals surface area contributed by atoms with Gasteiger partial charge in [0.05, 0.1) is 23.8 Å². The Morgan fingerprint density at radius 2 is 1.63 bits per heavy atom. The summed E-state index contributed by atoms with van der Waals surface area (Å²) in [5, 5.41) is 3.34. The van der Waals surface area contributed by atoms with Crippen molar-refractivity contribution in [2.75, 3.05) is 37.2 Å². The topological polar surface area (TPSA) is 79.0 Å². The van der Waals surface area contributed by atoms with Gasteiger partial charge >= 0.3 is 0 Å². The number of halogens is 1. The highest BCUT2D eigenvalue weighted by atomic mass is 35.5. The van der Waals surface area contributed by atoms with Gasteiger partial charge in [0.1, 0.15) is 6.54 Å². The first-order valence-corrected chi connectivity index (χ1v) is 13.2. The number of sulfonamides is 1. The SMILES string of the molecule is O=C(CN(c1ccc(Cl)cc1)S(=O)(=O)c1ccccc1)NCc1cccc(CN2CCOCC2)c1. The average molecular weight is 514 g/mol. The summed E-state index contributed by atoms with van der Waals surface area (Å²) in [6, 6.07) is 22.5. The maximum absolute atomic E-state index is 13.4. The molecule has 1 amide bonds. The molecule has 184 valence electrons. The zero-order valence-electron chi connectivity index (χ0n) is 19.3. The molecular weight excluding hydrogens is 486 g/mol. The molecule has 35 heavy (non-hydrogen) atoms. The van der Waals surface area contributed by atoms with Crippen LogP contribution in [0.4, 0.5) is 5.69 Å². The van der Waals surface area contributed by atoms with E-state index in [9.17, 15) is 13.2 Å². The van der Waals surface area contributed by atoms with Crippen LogP contribution in [0, 0.1) is 0 Å². The highest BCUT2D eigenvalue weighted by molar-refractivity contribution is 7.92. The van der Waals surface area contributed by atoms with Gasteiger partial charge in [0, 0.05) is 31.2 Å². The maximum atomic E-state index is 13.4. The molecule has 1 aliphatic heterocycles. The Labute approximate surface area is 211 Å². The van der Waals surface area contributed by atoms with Gasteiger partial charge in [0.15, 0.2) is 0 Å². The van der Waals surface area contributed by atoms with E-state index >= 15 is 0 Å². The van der Waals surface area contributed by atoms with Gasteiger partial charge in [-0.25, -0.2) is 8.42 Å². The van der Waals surface area contributed by atoms with Crippen LogP contribution in [0.15, 0.2) is 83.8 Å². The number of ether oxygens (including phenoxy) is 1. The molecule has 0 saturated carbocycles. The zero-order chi connectivity index (χ0) is 24.7. The van der Waals surface area contributed by atoms with Crippen molar-refractivity contribution in [1.82, 2.24) is 10.2 Å². The molecule has 1 aliphatic rings. The van der Waals surface area contributed by atoms with Gasteiger partial charge in [-0.3, -0.25) is 14.0 Å². The lowest BCUT2D eigenvalue weighted by Crippen LogP contribution is -2.40. The molecule has 7 nitrogen and oxygen atoms in total. The van der Waals surface area contributed by atoms with Crippen molar-refractivity contribution >= 4 is 33.2 Å². The average Bonchev–Trinajstić information content (AvgIpc) is 2.88. The van der Waals surface area contributed by atoms with Crippen LogP contribution in [0.5, 0.6) is 0 Å². The van der Waals surface area contributed by atoms with Crippen LogP contribution in [-0.2, 0) is 32.6 Å². The van der Waals surface area contributed by atoms with Crippen molar-refractivity contribution in [2.24, 2.45) is 0 Å². The fraction of sp³-hybridized carbons (Fsp3) is 0.269. The molecule has 4 rings (SSSR count). The number of rotatable bonds is 9. The zero-order valence-corrected chi connectivity index (χ0v) is 20.8. The molecule has 0 spiro atoms. The van der Waals surface area contributed by atoms with Crippen LogP contribution in [-0.4, -0.2) is 52.1 Å². The van der Waals surface area contributed by atoms with Crippen LogP contribution in [0.2, 0.25) is 5.02 Å². The van der Waals surface area contributed by atoms with Crippen molar-refractivity contribution in [1.29, 1.82) is 0 Å². The molecule has 1 fully saturated rings. The summed E-state index contributed by atoms with van der Waals surface area (Å²) >= 11 is 5.99. The molecule has 0 aliphatic carbocycles. The number of benzene rings is 3. The van der Waals surface area contributed by atoms with Crippen LogP contribution in [0.25, 0.3) is 0 Å². The Hall–Kier alpha value is -2.91. The minimum Gasteiger partial charge on any atom is -0.379 e. The lowest BCUT2D eigenvalue weighted by atomic mass is 10.1. The van der Waals surface area contributed by atoms with Crippen molar-refractivity contribution in [3.8, 4) is 0 Å². The fourth-order valence-electron chi connectivity index (χ4n) is 3.88. The second-order valence-electron chi connectivity index (χ2n) is 8.29. The van der Waals surface area contributed by atoms with E-state index < -0.39 is 15.9 Å². The number of nitrogens with zero attached hydrogens (tertiary/aromatic N) is 2. The smallest absolute Gasteiger partial charge is 0.264 e. The molecule has 1 saturated heterocycles. The van der Waals surface area contributed by atoms with Crippen molar-refractivity contribution in [3.05, 3.63) is 95.0 Å². The molecular formula is C26H28ClN3O4S. The molecule has 0 atom stereocenters. The molecule has 1 N–H and O–H groups in total. The Kier molecular flexibility index (Phi) is 8.41. The van der Waals surface area contributed by atoms with Gasteiger partial charge in [-0.05, 0) is 47.5 Å². The van der Waals surface area contributed by atoms with E-state index in [0.717, 1.165) is 48.3 Å². The summed E-state index contributed by atoms with van der Waals surface area (Å²) in [5.41, 5.74) is 2.47. The summed E-state index contributed by atoms with van der Waals surface area (Å²) in [4.78, 5) is 15.3. The Morgan fingerprint density at radius 1 is 0.943 bits per heavy atom. The molecule has 3 aromatic carbocycles. The van der Waals surface area contributed by atoms with E-state index in [1.165, 1.54) is 12.1 Å². The van der Waals surface area contributed by atoms with Gasteiger partial charge in [-0.15, -0.1) is 0 Å². The van der Waals surface area contributed by atoms with E-state index in [1.807, 2.05) is 12.1 Å². The van der Waals surface area contributed by atoms with Crippen molar-refractivity contribution in [2.45, 2.75) is 18.0 Å². The number of carbonyl (C=O) groups is 1. The first kappa shape index (κ1) is 25.2. The number of amides is 1. The van der Waals surface area contributed by atoms with Crippen LogP contribution >= 0.6 is 11.6 Å². The molecule has 0 aromatic heterocycles.